The van der Waals surface area contributed by atoms with Gasteiger partial charge in [-0.2, -0.15) is 4.98 Å². The molecule has 1 aliphatic carbocycles. The van der Waals surface area contributed by atoms with Crippen molar-refractivity contribution in [2.75, 3.05) is 7.11 Å². The maximum atomic E-state index is 12.5. The smallest absolute Gasteiger partial charge is 0.348 e. The highest BCUT2D eigenvalue weighted by Crippen LogP contribution is 2.34. The SMILES string of the molecule is COc1ccc2c(c1)c(-c1cccs1)nc(=O)n2CC1CC1. The molecule has 0 N–H and O–H groups in total. The first kappa shape index (κ1) is 13.5. The number of rotatable bonds is 4. The molecule has 0 atom stereocenters. The van der Waals surface area contributed by atoms with Crippen molar-refractivity contribution in [3.05, 3.63) is 46.2 Å². The zero-order chi connectivity index (χ0) is 15.1. The summed E-state index contributed by atoms with van der Waals surface area (Å²) in [5.74, 6) is 1.40. The third kappa shape index (κ3) is 2.31. The Kier molecular flexibility index (Phi) is 3.22. The van der Waals surface area contributed by atoms with Gasteiger partial charge in [0.05, 0.1) is 23.2 Å². The molecule has 0 radical (unpaired) electrons. The van der Waals surface area contributed by atoms with E-state index >= 15 is 0 Å². The summed E-state index contributed by atoms with van der Waals surface area (Å²) in [4.78, 5) is 17.9. The van der Waals surface area contributed by atoms with Crippen LogP contribution in [0.1, 0.15) is 12.8 Å². The van der Waals surface area contributed by atoms with Crippen molar-refractivity contribution >= 4 is 22.2 Å². The van der Waals surface area contributed by atoms with Crippen molar-refractivity contribution in [3.8, 4) is 16.3 Å². The van der Waals surface area contributed by atoms with Crippen LogP contribution in [0.25, 0.3) is 21.5 Å². The fourth-order valence-electron chi connectivity index (χ4n) is 2.72. The number of aromatic nitrogens is 2. The summed E-state index contributed by atoms with van der Waals surface area (Å²) in [6.07, 6.45) is 2.41. The van der Waals surface area contributed by atoms with Gasteiger partial charge in [0, 0.05) is 11.9 Å². The molecule has 0 unspecified atom stereocenters. The van der Waals surface area contributed by atoms with E-state index in [9.17, 15) is 4.79 Å². The zero-order valence-electron chi connectivity index (χ0n) is 12.3. The Bertz CT molecular complexity index is 880. The second kappa shape index (κ2) is 5.25. The van der Waals surface area contributed by atoms with E-state index in [1.807, 2.05) is 40.3 Å². The van der Waals surface area contributed by atoms with Gasteiger partial charge < -0.3 is 4.74 Å². The largest absolute Gasteiger partial charge is 0.497 e. The molecule has 0 amide bonds. The van der Waals surface area contributed by atoms with Crippen LogP contribution in [0, 0.1) is 5.92 Å². The normalized spacial score (nSPS) is 14.4. The number of fused-ring (bicyclic) bond motifs is 1. The fraction of sp³-hybridized carbons (Fsp3) is 0.294. The van der Waals surface area contributed by atoms with Gasteiger partial charge in [0.2, 0.25) is 0 Å². The third-order valence-electron chi connectivity index (χ3n) is 4.08. The molecule has 112 valence electrons. The highest BCUT2D eigenvalue weighted by Gasteiger charge is 2.24. The monoisotopic (exact) mass is 312 g/mol. The number of ether oxygens (including phenoxy) is 1. The minimum Gasteiger partial charge on any atom is -0.497 e. The van der Waals surface area contributed by atoms with E-state index in [-0.39, 0.29) is 5.69 Å². The molecule has 22 heavy (non-hydrogen) atoms. The quantitative estimate of drug-likeness (QED) is 0.740. The van der Waals surface area contributed by atoms with Gasteiger partial charge in [-0.1, -0.05) is 6.07 Å². The van der Waals surface area contributed by atoms with Gasteiger partial charge in [0.1, 0.15) is 5.75 Å². The molecular weight excluding hydrogens is 296 g/mol. The molecule has 0 aliphatic heterocycles. The number of thiophene rings is 1. The molecule has 5 heteroatoms. The second-order valence-electron chi connectivity index (χ2n) is 5.66. The minimum atomic E-state index is -0.159. The molecule has 2 aromatic heterocycles. The highest BCUT2D eigenvalue weighted by atomic mass is 32.1. The van der Waals surface area contributed by atoms with Crippen molar-refractivity contribution < 1.29 is 4.74 Å². The zero-order valence-corrected chi connectivity index (χ0v) is 13.1. The molecule has 4 rings (SSSR count). The Morgan fingerprint density at radius 1 is 1.36 bits per heavy atom. The van der Waals surface area contributed by atoms with Crippen LogP contribution >= 0.6 is 11.3 Å². The molecule has 0 bridgehead atoms. The Hall–Kier alpha value is -2.14. The van der Waals surface area contributed by atoms with Gasteiger partial charge in [-0.05, 0) is 48.4 Å². The van der Waals surface area contributed by atoms with Gasteiger partial charge in [-0.3, -0.25) is 4.57 Å². The first-order valence-corrected chi connectivity index (χ1v) is 8.26. The van der Waals surface area contributed by atoms with E-state index in [2.05, 4.69) is 4.98 Å². The number of hydrogen-bond acceptors (Lipinski definition) is 4. The number of nitrogens with zero attached hydrogens (tertiary/aromatic N) is 2. The molecule has 0 saturated heterocycles. The van der Waals surface area contributed by atoms with Crippen molar-refractivity contribution in [1.29, 1.82) is 0 Å². The van der Waals surface area contributed by atoms with Crippen LogP contribution in [0.15, 0.2) is 40.5 Å². The lowest BCUT2D eigenvalue weighted by atomic mass is 10.1. The Labute approximate surface area is 132 Å². The predicted molar refractivity (Wildman–Crippen MR) is 88.6 cm³/mol. The standard InChI is InChI=1S/C17H16N2O2S/c1-21-12-6-7-14-13(9-12)16(15-3-2-8-22-15)18-17(20)19(14)10-11-4-5-11/h2-3,6-9,11H,4-5,10H2,1H3. The minimum absolute atomic E-state index is 0.159. The molecule has 1 saturated carbocycles. The average molecular weight is 312 g/mol. The summed E-state index contributed by atoms with van der Waals surface area (Å²) < 4.78 is 7.16. The summed E-state index contributed by atoms with van der Waals surface area (Å²) in [5, 5.41) is 2.97. The molecule has 1 aliphatic rings. The van der Waals surface area contributed by atoms with E-state index in [1.165, 1.54) is 12.8 Å². The molecule has 3 aromatic rings. The molecule has 0 spiro atoms. The van der Waals surface area contributed by atoms with Crippen LogP contribution in [0.4, 0.5) is 0 Å². The summed E-state index contributed by atoms with van der Waals surface area (Å²) in [5.41, 5.74) is 1.53. The first-order chi connectivity index (χ1) is 10.8. The highest BCUT2D eigenvalue weighted by molar-refractivity contribution is 7.13. The van der Waals surface area contributed by atoms with Crippen LogP contribution < -0.4 is 10.4 Å². The van der Waals surface area contributed by atoms with Gasteiger partial charge in [-0.25, -0.2) is 4.79 Å². The first-order valence-electron chi connectivity index (χ1n) is 7.39. The summed E-state index contributed by atoms with van der Waals surface area (Å²) >= 11 is 1.59. The van der Waals surface area contributed by atoms with Gasteiger partial charge in [0.25, 0.3) is 0 Å². The fourth-order valence-corrected chi connectivity index (χ4v) is 3.45. The molecule has 2 heterocycles. The third-order valence-corrected chi connectivity index (χ3v) is 4.96. The van der Waals surface area contributed by atoms with Gasteiger partial charge in [0.15, 0.2) is 0 Å². The van der Waals surface area contributed by atoms with E-state index in [1.54, 1.807) is 18.4 Å². The predicted octanol–water partition coefficient (Wildman–Crippen LogP) is 3.54. The van der Waals surface area contributed by atoms with Gasteiger partial charge in [-0.15, -0.1) is 11.3 Å². The number of methoxy groups -OCH3 is 1. The van der Waals surface area contributed by atoms with Crippen LogP contribution in [-0.4, -0.2) is 16.7 Å². The van der Waals surface area contributed by atoms with Crippen LogP contribution in [0.5, 0.6) is 5.75 Å². The van der Waals surface area contributed by atoms with Crippen molar-refractivity contribution in [2.24, 2.45) is 5.92 Å². The van der Waals surface area contributed by atoms with Gasteiger partial charge >= 0.3 is 5.69 Å². The Balaban J connectivity index is 2.00. The topological polar surface area (TPSA) is 44.1 Å². The van der Waals surface area contributed by atoms with E-state index in [4.69, 9.17) is 4.74 Å². The summed E-state index contributed by atoms with van der Waals surface area (Å²) in [6.45, 7) is 0.763. The maximum absolute atomic E-state index is 12.5. The van der Waals surface area contributed by atoms with Crippen LogP contribution in [0.2, 0.25) is 0 Å². The molecule has 4 nitrogen and oxygen atoms in total. The Morgan fingerprint density at radius 3 is 2.91 bits per heavy atom. The lowest BCUT2D eigenvalue weighted by molar-refractivity contribution is 0.415. The van der Waals surface area contributed by atoms with Crippen LogP contribution in [0.3, 0.4) is 0 Å². The maximum Gasteiger partial charge on any atom is 0.348 e. The molecular formula is C17H16N2O2S. The number of hydrogen-bond donors (Lipinski definition) is 0. The van der Waals surface area contributed by atoms with E-state index < -0.39 is 0 Å². The van der Waals surface area contributed by atoms with E-state index in [0.29, 0.717) is 5.92 Å². The van der Waals surface area contributed by atoms with Crippen molar-refractivity contribution in [2.45, 2.75) is 19.4 Å². The lowest BCUT2D eigenvalue weighted by Gasteiger charge is -2.12. The Morgan fingerprint density at radius 2 is 2.23 bits per heavy atom. The van der Waals surface area contributed by atoms with E-state index in [0.717, 1.165) is 33.8 Å². The van der Waals surface area contributed by atoms with Crippen molar-refractivity contribution in [3.63, 3.8) is 0 Å². The van der Waals surface area contributed by atoms with Crippen LogP contribution in [-0.2, 0) is 6.54 Å². The van der Waals surface area contributed by atoms with Crippen molar-refractivity contribution in [1.82, 2.24) is 9.55 Å². The molecule has 1 aromatic carbocycles. The second-order valence-corrected chi connectivity index (χ2v) is 6.61. The number of benzene rings is 1. The summed E-state index contributed by atoms with van der Waals surface area (Å²) in [6, 6.07) is 9.82. The average Bonchev–Trinajstić information content (AvgIpc) is 3.19. The molecule has 1 fully saturated rings. The lowest BCUT2D eigenvalue weighted by Crippen LogP contribution is -2.24. The summed E-state index contributed by atoms with van der Waals surface area (Å²) in [7, 11) is 1.65.